The van der Waals surface area contributed by atoms with Crippen molar-refractivity contribution in [2.75, 3.05) is 0 Å². The summed E-state index contributed by atoms with van der Waals surface area (Å²) in [6.07, 6.45) is 0. The predicted octanol–water partition coefficient (Wildman–Crippen LogP) is 11.4. The molecule has 0 atom stereocenters. The maximum Gasteiger partial charge on any atom is -0.0512 e. The summed E-state index contributed by atoms with van der Waals surface area (Å²) in [5, 5.41) is 10.5. The smallest absolute Gasteiger partial charge is 0.0512 e. The topological polar surface area (TPSA) is 38.7 Å². The third kappa shape index (κ3) is 4.76. The van der Waals surface area contributed by atoms with Gasteiger partial charge in [-0.15, -0.1) is 0 Å². The Bertz CT molecular complexity index is 2820. The van der Waals surface area contributed by atoms with E-state index in [0.717, 1.165) is 22.1 Å². The Kier molecular flexibility index (Phi) is 6.51. The summed E-state index contributed by atoms with van der Waals surface area (Å²) in [4.78, 5) is 14.8. The van der Waals surface area contributed by atoms with Crippen LogP contribution in [0.15, 0.2) is 164 Å². The van der Waals surface area contributed by atoms with E-state index in [9.17, 15) is 0 Å². The third-order valence-corrected chi connectivity index (χ3v) is 12.0. The van der Waals surface area contributed by atoms with Crippen LogP contribution in [-0.2, 0) is 0 Å². The number of fused-ring (bicyclic) bond motifs is 8. The molecule has 2 heterocycles. The summed E-state index contributed by atoms with van der Waals surface area (Å²) < 4.78 is 2.95. The van der Waals surface area contributed by atoms with Crippen molar-refractivity contribution in [1.29, 1.82) is 0 Å². The SMILES string of the molecule is c1ccc(-c2nc(-c3ccccc3)nc(-c3ccc4c(-c5ccc6[se]c7c(ccc8ccc9ccccc9c87)c6c5)cccc4c3)n2)cc1. The van der Waals surface area contributed by atoms with E-state index in [0.29, 0.717) is 17.5 Å². The molecule has 49 heavy (non-hydrogen) atoms. The van der Waals surface area contributed by atoms with Crippen molar-refractivity contribution in [2.24, 2.45) is 0 Å². The summed E-state index contributed by atoms with van der Waals surface area (Å²) in [6.45, 7) is 0. The molecule has 228 valence electrons. The van der Waals surface area contributed by atoms with Crippen LogP contribution in [-0.4, -0.2) is 29.5 Å². The summed E-state index contributed by atoms with van der Waals surface area (Å²) >= 11 is 0.252. The molecule has 0 N–H and O–H groups in total. The zero-order valence-corrected chi connectivity index (χ0v) is 28.1. The number of rotatable bonds is 4. The Balaban J connectivity index is 1.11. The molecule has 10 aromatic rings. The van der Waals surface area contributed by atoms with Crippen molar-refractivity contribution < 1.29 is 0 Å². The number of nitrogens with zero attached hydrogens (tertiary/aromatic N) is 3. The zero-order chi connectivity index (χ0) is 32.3. The van der Waals surface area contributed by atoms with Crippen LogP contribution >= 0.6 is 0 Å². The molecule has 0 radical (unpaired) electrons. The first-order valence-corrected chi connectivity index (χ1v) is 18.2. The van der Waals surface area contributed by atoms with Gasteiger partial charge in [0.1, 0.15) is 0 Å². The Labute approximate surface area is 288 Å². The van der Waals surface area contributed by atoms with E-state index in [1.807, 2.05) is 60.7 Å². The minimum absolute atomic E-state index is 0.252. The normalized spacial score (nSPS) is 11.7. The molecule has 2 aromatic heterocycles. The van der Waals surface area contributed by atoms with Gasteiger partial charge in [-0.05, 0) is 0 Å². The summed E-state index contributed by atoms with van der Waals surface area (Å²) in [5.74, 6) is 1.99. The van der Waals surface area contributed by atoms with E-state index in [4.69, 9.17) is 15.0 Å². The van der Waals surface area contributed by atoms with E-state index in [2.05, 4.69) is 103 Å². The minimum Gasteiger partial charge on any atom is -0.0615 e. The Morgan fingerprint density at radius 3 is 1.73 bits per heavy atom. The van der Waals surface area contributed by atoms with Gasteiger partial charge in [0, 0.05) is 11.1 Å². The number of aromatic nitrogens is 3. The molecular formula is C45H27N3Se. The molecule has 4 heteroatoms. The third-order valence-electron chi connectivity index (χ3n) is 9.49. The molecule has 0 fully saturated rings. The molecule has 0 saturated carbocycles. The van der Waals surface area contributed by atoms with Gasteiger partial charge in [-0.1, -0.05) is 60.7 Å². The second-order valence-electron chi connectivity index (χ2n) is 12.4. The van der Waals surface area contributed by atoms with Crippen molar-refractivity contribution in [3.8, 4) is 45.3 Å². The minimum atomic E-state index is 0.252. The predicted molar refractivity (Wildman–Crippen MR) is 206 cm³/mol. The van der Waals surface area contributed by atoms with Gasteiger partial charge < -0.3 is 0 Å². The molecule has 8 aromatic carbocycles. The van der Waals surface area contributed by atoms with Crippen molar-refractivity contribution in [3.05, 3.63) is 164 Å². The van der Waals surface area contributed by atoms with Crippen molar-refractivity contribution in [3.63, 3.8) is 0 Å². The fourth-order valence-electron chi connectivity index (χ4n) is 7.10. The second-order valence-corrected chi connectivity index (χ2v) is 14.6. The summed E-state index contributed by atoms with van der Waals surface area (Å²) in [7, 11) is 0. The fourth-order valence-corrected chi connectivity index (χ4v) is 9.73. The molecule has 0 aliphatic rings. The molecule has 0 spiro atoms. The van der Waals surface area contributed by atoms with Gasteiger partial charge >= 0.3 is 213 Å². The molecule has 0 amide bonds. The van der Waals surface area contributed by atoms with Crippen LogP contribution in [0.2, 0.25) is 0 Å². The first-order valence-electron chi connectivity index (χ1n) is 16.4. The molecule has 10 rings (SSSR count). The van der Waals surface area contributed by atoms with E-state index in [1.165, 1.54) is 57.4 Å². The van der Waals surface area contributed by atoms with Crippen LogP contribution in [0.25, 0.3) is 96.9 Å². The second kappa shape index (κ2) is 11.3. The largest absolute Gasteiger partial charge is 0.0615 e. The molecule has 0 unspecified atom stereocenters. The first-order chi connectivity index (χ1) is 24.3. The van der Waals surface area contributed by atoms with Crippen LogP contribution in [0.3, 0.4) is 0 Å². The van der Waals surface area contributed by atoms with Gasteiger partial charge in [-0.25, -0.2) is 4.98 Å². The van der Waals surface area contributed by atoms with Gasteiger partial charge in [0.15, 0.2) is 0 Å². The number of hydrogen-bond acceptors (Lipinski definition) is 3. The monoisotopic (exact) mass is 689 g/mol. The van der Waals surface area contributed by atoms with Crippen molar-refractivity contribution >= 4 is 66.1 Å². The van der Waals surface area contributed by atoms with E-state index in [1.54, 1.807) is 0 Å². The summed E-state index contributed by atoms with van der Waals surface area (Å²) in [5.41, 5.74) is 5.35. The average Bonchev–Trinajstić information content (AvgIpc) is 3.56. The quantitative estimate of drug-likeness (QED) is 0.136. The molecular weight excluding hydrogens is 661 g/mol. The molecule has 0 aliphatic carbocycles. The van der Waals surface area contributed by atoms with Crippen LogP contribution in [0.4, 0.5) is 0 Å². The van der Waals surface area contributed by atoms with Crippen LogP contribution in [0, 0.1) is 0 Å². The van der Waals surface area contributed by atoms with Gasteiger partial charge in [-0.3, -0.25) is 0 Å². The average molecular weight is 689 g/mol. The Morgan fingerprint density at radius 1 is 0.347 bits per heavy atom. The van der Waals surface area contributed by atoms with Crippen LogP contribution < -0.4 is 0 Å². The van der Waals surface area contributed by atoms with Crippen molar-refractivity contribution in [1.82, 2.24) is 15.0 Å². The zero-order valence-electron chi connectivity index (χ0n) is 26.3. The van der Waals surface area contributed by atoms with E-state index < -0.39 is 0 Å². The van der Waals surface area contributed by atoms with Gasteiger partial charge in [0.05, 0.1) is 0 Å². The van der Waals surface area contributed by atoms with E-state index >= 15 is 0 Å². The molecule has 0 saturated heterocycles. The first kappa shape index (κ1) is 28.1. The van der Waals surface area contributed by atoms with Crippen LogP contribution in [0.1, 0.15) is 0 Å². The fraction of sp³-hybridized carbons (Fsp3) is 0. The van der Waals surface area contributed by atoms with Gasteiger partial charge in [0.25, 0.3) is 0 Å². The van der Waals surface area contributed by atoms with Crippen LogP contribution in [0.5, 0.6) is 0 Å². The molecule has 0 bridgehead atoms. The summed E-state index contributed by atoms with van der Waals surface area (Å²) in [6, 6.07) is 58.4. The van der Waals surface area contributed by atoms with Gasteiger partial charge in [0.2, 0.25) is 0 Å². The Morgan fingerprint density at radius 2 is 0.959 bits per heavy atom. The molecule has 0 aliphatic heterocycles. The maximum atomic E-state index is 4.97. The van der Waals surface area contributed by atoms with Crippen molar-refractivity contribution in [2.45, 2.75) is 0 Å². The van der Waals surface area contributed by atoms with E-state index in [-0.39, 0.29) is 14.5 Å². The van der Waals surface area contributed by atoms with Gasteiger partial charge in [-0.2, -0.15) is 0 Å². The Hall–Kier alpha value is -5.93. The number of benzene rings is 8. The standard InChI is InChI=1S/C45H27N3Se/c1-3-11-30(12-4-1)43-46-44(31-13-5-2-6-14-31)48-45(47-43)34-21-23-36-32(26-34)15-9-17-35(36)33-22-25-40-39(27-33)38-24-20-29-19-18-28-10-7-8-16-37(28)41(29)42(38)49-40/h1-27H. The molecule has 3 nitrogen and oxygen atoms in total. The maximum absolute atomic E-state index is 4.97. The number of hydrogen-bond donors (Lipinski definition) is 0.